The van der Waals surface area contributed by atoms with Gasteiger partial charge in [0, 0.05) is 12.6 Å². The van der Waals surface area contributed by atoms with Crippen LogP contribution in [0.5, 0.6) is 0 Å². The van der Waals surface area contributed by atoms with E-state index in [1.54, 1.807) is 0 Å². The third kappa shape index (κ3) is 4.67. The summed E-state index contributed by atoms with van der Waals surface area (Å²) in [4.78, 5) is 12.3. The van der Waals surface area contributed by atoms with E-state index in [0.29, 0.717) is 6.54 Å². The van der Waals surface area contributed by atoms with Gasteiger partial charge in [0.2, 0.25) is 0 Å². The van der Waals surface area contributed by atoms with E-state index < -0.39 is 0 Å². The maximum Gasteiger partial charge on any atom is 0.310 e. The summed E-state index contributed by atoms with van der Waals surface area (Å²) in [6.45, 7) is 4.82. The number of ether oxygens (including phenoxy) is 1. The highest BCUT2D eigenvalue weighted by Gasteiger charge is 2.32. The molecule has 0 aliphatic heterocycles. The first kappa shape index (κ1) is 17.2. The number of nitrogens with one attached hydrogen (secondary N) is 1. The van der Waals surface area contributed by atoms with Gasteiger partial charge in [-0.3, -0.25) is 4.79 Å². The summed E-state index contributed by atoms with van der Waals surface area (Å²) in [6, 6.07) is 20.2. The van der Waals surface area contributed by atoms with Crippen LogP contribution >= 0.6 is 0 Å². The molecule has 0 radical (unpaired) electrons. The zero-order valence-electron chi connectivity index (χ0n) is 14.0. The number of hydrogen-bond acceptors (Lipinski definition) is 3. The van der Waals surface area contributed by atoms with E-state index in [1.165, 1.54) is 12.7 Å². The van der Waals surface area contributed by atoms with Crippen molar-refractivity contribution >= 4 is 5.97 Å². The van der Waals surface area contributed by atoms with Gasteiger partial charge in [-0.15, -0.1) is 0 Å². The van der Waals surface area contributed by atoms with Crippen LogP contribution < -0.4 is 5.32 Å². The summed E-state index contributed by atoms with van der Waals surface area (Å²) < 4.78 is 5.05. The molecule has 122 valence electrons. The Hall–Kier alpha value is -2.13. The van der Waals surface area contributed by atoms with Crippen LogP contribution in [0.25, 0.3) is 0 Å². The first-order chi connectivity index (χ1) is 11.1. The standard InChI is InChI=1S/C20H25NO2/c1-15(2)18(20(22)23-3)19(17-12-8-5-9-13-17)21-14-16-10-6-4-7-11-16/h4-13,15,18-19,21H,14H2,1-3H3. The van der Waals surface area contributed by atoms with E-state index in [9.17, 15) is 4.79 Å². The van der Waals surface area contributed by atoms with E-state index in [1.807, 2.05) is 36.4 Å². The molecule has 3 heteroatoms. The van der Waals surface area contributed by atoms with Crippen molar-refractivity contribution in [2.75, 3.05) is 7.11 Å². The van der Waals surface area contributed by atoms with Crippen LogP contribution in [0.4, 0.5) is 0 Å². The molecule has 0 saturated carbocycles. The van der Waals surface area contributed by atoms with Crippen molar-refractivity contribution in [1.29, 1.82) is 0 Å². The van der Waals surface area contributed by atoms with Crippen molar-refractivity contribution in [3.8, 4) is 0 Å². The third-order valence-electron chi connectivity index (χ3n) is 4.08. The molecule has 2 rings (SSSR count). The summed E-state index contributed by atoms with van der Waals surface area (Å²) in [5.41, 5.74) is 2.30. The topological polar surface area (TPSA) is 38.3 Å². The monoisotopic (exact) mass is 311 g/mol. The van der Waals surface area contributed by atoms with E-state index >= 15 is 0 Å². The molecular formula is C20H25NO2. The predicted molar refractivity (Wildman–Crippen MR) is 92.8 cm³/mol. The molecule has 0 aromatic heterocycles. The molecule has 0 aliphatic carbocycles. The van der Waals surface area contributed by atoms with Gasteiger partial charge in [-0.2, -0.15) is 0 Å². The van der Waals surface area contributed by atoms with Crippen molar-refractivity contribution in [2.45, 2.75) is 26.4 Å². The van der Waals surface area contributed by atoms with Gasteiger partial charge in [-0.1, -0.05) is 74.5 Å². The van der Waals surface area contributed by atoms with Crippen LogP contribution in [0.2, 0.25) is 0 Å². The Morgan fingerprint density at radius 2 is 1.57 bits per heavy atom. The minimum Gasteiger partial charge on any atom is -0.469 e. The van der Waals surface area contributed by atoms with E-state index in [0.717, 1.165) is 5.56 Å². The van der Waals surface area contributed by atoms with Crippen molar-refractivity contribution in [3.05, 3.63) is 71.8 Å². The molecule has 0 heterocycles. The molecule has 0 spiro atoms. The Balaban J connectivity index is 2.25. The highest BCUT2D eigenvalue weighted by atomic mass is 16.5. The van der Waals surface area contributed by atoms with Gasteiger partial charge in [0.25, 0.3) is 0 Å². The van der Waals surface area contributed by atoms with Gasteiger partial charge < -0.3 is 10.1 Å². The third-order valence-corrected chi connectivity index (χ3v) is 4.08. The number of methoxy groups -OCH3 is 1. The largest absolute Gasteiger partial charge is 0.469 e. The number of carbonyl (C=O) groups is 1. The number of benzene rings is 2. The molecule has 2 aromatic rings. The molecule has 0 bridgehead atoms. The van der Waals surface area contributed by atoms with Crippen molar-refractivity contribution < 1.29 is 9.53 Å². The average molecular weight is 311 g/mol. The molecule has 23 heavy (non-hydrogen) atoms. The number of esters is 1. The molecule has 3 nitrogen and oxygen atoms in total. The van der Waals surface area contributed by atoms with E-state index in [2.05, 4.69) is 43.4 Å². The molecular weight excluding hydrogens is 286 g/mol. The van der Waals surface area contributed by atoms with Gasteiger partial charge in [-0.25, -0.2) is 0 Å². The van der Waals surface area contributed by atoms with Crippen LogP contribution in [0.15, 0.2) is 60.7 Å². The molecule has 0 fully saturated rings. The van der Waals surface area contributed by atoms with Gasteiger partial charge >= 0.3 is 5.97 Å². The van der Waals surface area contributed by atoms with Gasteiger partial charge in [0.1, 0.15) is 0 Å². The lowest BCUT2D eigenvalue weighted by molar-refractivity contribution is -0.148. The fourth-order valence-electron chi connectivity index (χ4n) is 2.87. The summed E-state index contributed by atoms with van der Waals surface area (Å²) >= 11 is 0. The predicted octanol–water partition coefficient (Wildman–Crippen LogP) is 3.96. The Bertz CT molecular complexity index is 596. The molecule has 1 N–H and O–H groups in total. The maximum atomic E-state index is 12.3. The lowest BCUT2D eigenvalue weighted by Gasteiger charge is -2.29. The zero-order valence-corrected chi connectivity index (χ0v) is 14.0. The minimum atomic E-state index is -0.230. The van der Waals surface area contributed by atoms with E-state index in [4.69, 9.17) is 4.74 Å². The molecule has 0 aliphatic rings. The first-order valence-electron chi connectivity index (χ1n) is 8.03. The average Bonchev–Trinajstić information content (AvgIpc) is 2.59. The van der Waals surface area contributed by atoms with Crippen LogP contribution in [0.3, 0.4) is 0 Å². The van der Waals surface area contributed by atoms with Crippen molar-refractivity contribution in [1.82, 2.24) is 5.32 Å². The number of hydrogen-bond donors (Lipinski definition) is 1. The summed E-state index contributed by atoms with van der Waals surface area (Å²) in [6.07, 6.45) is 0. The SMILES string of the molecule is COC(=O)C(C(C)C)C(NCc1ccccc1)c1ccccc1. The van der Waals surface area contributed by atoms with Crippen molar-refractivity contribution in [3.63, 3.8) is 0 Å². The highest BCUT2D eigenvalue weighted by Crippen LogP contribution is 2.29. The smallest absolute Gasteiger partial charge is 0.310 e. The summed E-state index contributed by atoms with van der Waals surface area (Å²) in [5.74, 6) is -0.226. The Morgan fingerprint density at radius 3 is 2.09 bits per heavy atom. The number of carbonyl (C=O) groups excluding carboxylic acids is 1. The Kier molecular flexibility index (Phi) is 6.36. The molecule has 2 atom stereocenters. The number of rotatable bonds is 7. The second-order valence-corrected chi connectivity index (χ2v) is 6.05. The fourth-order valence-corrected chi connectivity index (χ4v) is 2.87. The van der Waals surface area contributed by atoms with Gasteiger partial charge in [-0.05, 0) is 17.0 Å². The minimum absolute atomic E-state index is 0.0798. The lowest BCUT2D eigenvalue weighted by Crippen LogP contribution is -2.36. The molecule has 0 amide bonds. The Morgan fingerprint density at radius 1 is 1.00 bits per heavy atom. The summed E-state index contributed by atoms with van der Waals surface area (Å²) in [5, 5.41) is 3.55. The van der Waals surface area contributed by atoms with Crippen molar-refractivity contribution in [2.24, 2.45) is 11.8 Å². The molecule has 0 saturated heterocycles. The molecule has 2 unspecified atom stereocenters. The first-order valence-corrected chi connectivity index (χ1v) is 8.03. The Labute approximate surface area is 138 Å². The van der Waals surface area contributed by atoms with Crippen LogP contribution in [-0.2, 0) is 16.1 Å². The van der Waals surface area contributed by atoms with Gasteiger partial charge in [0.15, 0.2) is 0 Å². The summed E-state index contributed by atoms with van der Waals surface area (Å²) in [7, 11) is 1.46. The normalized spacial score (nSPS) is 13.6. The maximum absolute atomic E-state index is 12.3. The zero-order chi connectivity index (χ0) is 16.7. The second kappa shape index (κ2) is 8.49. The van der Waals surface area contributed by atoms with E-state index in [-0.39, 0.29) is 23.8 Å². The fraction of sp³-hybridized carbons (Fsp3) is 0.350. The van der Waals surface area contributed by atoms with Crippen LogP contribution in [-0.4, -0.2) is 13.1 Å². The van der Waals surface area contributed by atoms with Crippen LogP contribution in [0, 0.1) is 11.8 Å². The van der Waals surface area contributed by atoms with Gasteiger partial charge in [0.05, 0.1) is 13.0 Å². The lowest BCUT2D eigenvalue weighted by atomic mass is 9.84. The quantitative estimate of drug-likeness (QED) is 0.787. The second-order valence-electron chi connectivity index (χ2n) is 6.05. The van der Waals surface area contributed by atoms with Crippen LogP contribution in [0.1, 0.15) is 31.0 Å². The highest BCUT2D eigenvalue weighted by molar-refractivity contribution is 5.73. The molecule has 2 aromatic carbocycles.